The summed E-state index contributed by atoms with van der Waals surface area (Å²) < 4.78 is 5.12. The number of oxazole rings is 1. The van der Waals surface area contributed by atoms with Crippen LogP contribution in [0.5, 0.6) is 0 Å². The van der Waals surface area contributed by atoms with Crippen LogP contribution in [0.4, 0.5) is 0 Å². The van der Waals surface area contributed by atoms with E-state index in [0.717, 1.165) is 0 Å². The van der Waals surface area contributed by atoms with Crippen molar-refractivity contribution in [2.24, 2.45) is 0 Å². The molecule has 1 aromatic carbocycles. The molecule has 0 aliphatic carbocycles. The molecule has 0 N–H and O–H groups in total. The standard InChI is InChI=1S/C15H11N3O3/c19-12(3-4-13(20)15-16-6-1-7-17-15)10-2-5-14-11(8-10)18-9-21-14/h1-2,5-9H,3-4H2. The van der Waals surface area contributed by atoms with Gasteiger partial charge in [-0.05, 0) is 24.3 Å². The van der Waals surface area contributed by atoms with Crippen molar-refractivity contribution in [3.63, 3.8) is 0 Å². The number of nitrogens with zero attached hydrogens (tertiary/aromatic N) is 3. The van der Waals surface area contributed by atoms with E-state index in [1.165, 1.54) is 18.8 Å². The lowest BCUT2D eigenvalue weighted by atomic mass is 10.0. The molecule has 2 heterocycles. The smallest absolute Gasteiger partial charge is 0.200 e. The van der Waals surface area contributed by atoms with Crippen LogP contribution in [0.25, 0.3) is 11.1 Å². The van der Waals surface area contributed by atoms with Crippen LogP contribution in [0.15, 0.2) is 47.5 Å². The fourth-order valence-corrected chi connectivity index (χ4v) is 1.96. The van der Waals surface area contributed by atoms with Crippen LogP contribution >= 0.6 is 0 Å². The number of ketones is 2. The lowest BCUT2D eigenvalue weighted by Crippen LogP contribution is -2.08. The van der Waals surface area contributed by atoms with Gasteiger partial charge in [-0.15, -0.1) is 0 Å². The minimum absolute atomic E-state index is 0.0830. The second-order valence-electron chi connectivity index (χ2n) is 4.45. The minimum atomic E-state index is -0.244. The number of Topliss-reactive ketones (excluding diaryl/α,β-unsaturated/α-hetero) is 2. The first-order valence-electron chi connectivity index (χ1n) is 6.41. The summed E-state index contributed by atoms with van der Waals surface area (Å²) in [5.74, 6) is -0.229. The summed E-state index contributed by atoms with van der Waals surface area (Å²) in [5, 5.41) is 0. The second kappa shape index (κ2) is 5.62. The number of aromatic nitrogens is 3. The maximum Gasteiger partial charge on any atom is 0.200 e. The molecule has 3 aromatic rings. The second-order valence-corrected chi connectivity index (χ2v) is 4.45. The Balaban J connectivity index is 1.67. The van der Waals surface area contributed by atoms with Gasteiger partial charge in [-0.25, -0.2) is 15.0 Å². The summed E-state index contributed by atoms with van der Waals surface area (Å²) in [6, 6.07) is 6.65. The van der Waals surface area contributed by atoms with Crippen molar-refractivity contribution in [3.8, 4) is 0 Å². The third-order valence-electron chi connectivity index (χ3n) is 3.05. The summed E-state index contributed by atoms with van der Waals surface area (Å²) in [6.45, 7) is 0. The van der Waals surface area contributed by atoms with Crippen LogP contribution in [0.2, 0.25) is 0 Å². The average Bonchev–Trinajstić information content (AvgIpc) is 3.00. The topological polar surface area (TPSA) is 86.0 Å². The molecule has 0 saturated heterocycles. The van der Waals surface area contributed by atoms with Crippen molar-refractivity contribution in [3.05, 3.63) is 54.4 Å². The lowest BCUT2D eigenvalue weighted by Gasteiger charge is -2.00. The SMILES string of the molecule is O=C(CCC(=O)c1ncccn1)c1ccc2ocnc2c1. The molecule has 0 spiro atoms. The highest BCUT2D eigenvalue weighted by atomic mass is 16.3. The molecule has 104 valence electrons. The Morgan fingerprint density at radius 1 is 1.00 bits per heavy atom. The van der Waals surface area contributed by atoms with E-state index in [9.17, 15) is 9.59 Å². The van der Waals surface area contributed by atoms with Crippen molar-refractivity contribution < 1.29 is 14.0 Å². The molecule has 6 nitrogen and oxygen atoms in total. The Morgan fingerprint density at radius 2 is 1.76 bits per heavy atom. The molecule has 0 atom stereocenters. The van der Waals surface area contributed by atoms with Crippen molar-refractivity contribution in [1.82, 2.24) is 15.0 Å². The Kier molecular flexibility index (Phi) is 3.51. The van der Waals surface area contributed by atoms with Gasteiger partial charge < -0.3 is 4.42 Å². The predicted octanol–water partition coefficient (Wildman–Crippen LogP) is 2.46. The van der Waals surface area contributed by atoms with E-state index in [-0.39, 0.29) is 30.2 Å². The van der Waals surface area contributed by atoms with Gasteiger partial charge in [-0.2, -0.15) is 0 Å². The third-order valence-corrected chi connectivity index (χ3v) is 3.05. The van der Waals surface area contributed by atoms with Crippen LogP contribution in [0.3, 0.4) is 0 Å². The third kappa shape index (κ3) is 2.84. The van der Waals surface area contributed by atoms with Gasteiger partial charge in [0.2, 0.25) is 0 Å². The van der Waals surface area contributed by atoms with Gasteiger partial charge >= 0.3 is 0 Å². The zero-order valence-electron chi connectivity index (χ0n) is 11.0. The van der Waals surface area contributed by atoms with E-state index < -0.39 is 0 Å². The molecule has 0 fully saturated rings. The number of hydrogen-bond donors (Lipinski definition) is 0. The number of fused-ring (bicyclic) bond motifs is 1. The molecule has 0 saturated carbocycles. The van der Waals surface area contributed by atoms with Crippen molar-refractivity contribution in [2.45, 2.75) is 12.8 Å². The van der Waals surface area contributed by atoms with E-state index in [1.54, 1.807) is 24.3 Å². The number of carbonyl (C=O) groups excluding carboxylic acids is 2. The summed E-state index contributed by atoms with van der Waals surface area (Å²) in [4.78, 5) is 35.7. The van der Waals surface area contributed by atoms with Crippen molar-refractivity contribution in [2.75, 3.05) is 0 Å². The molecule has 0 bridgehead atoms. The number of rotatable bonds is 5. The number of carbonyl (C=O) groups is 2. The fraction of sp³-hybridized carbons (Fsp3) is 0.133. The highest BCUT2D eigenvalue weighted by Gasteiger charge is 2.13. The molecule has 3 rings (SSSR count). The summed E-state index contributed by atoms with van der Waals surface area (Å²) in [5.41, 5.74) is 1.76. The van der Waals surface area contributed by atoms with Crippen LogP contribution in [-0.2, 0) is 0 Å². The van der Waals surface area contributed by atoms with Gasteiger partial charge in [0.1, 0.15) is 5.52 Å². The maximum atomic E-state index is 12.1. The Morgan fingerprint density at radius 3 is 2.57 bits per heavy atom. The maximum absolute atomic E-state index is 12.1. The van der Waals surface area contributed by atoms with E-state index in [2.05, 4.69) is 15.0 Å². The zero-order valence-corrected chi connectivity index (χ0v) is 11.0. The Bertz CT molecular complexity index is 796. The molecular weight excluding hydrogens is 270 g/mol. The molecule has 0 radical (unpaired) electrons. The van der Waals surface area contributed by atoms with Crippen molar-refractivity contribution in [1.29, 1.82) is 0 Å². The highest BCUT2D eigenvalue weighted by molar-refractivity contribution is 6.02. The zero-order chi connectivity index (χ0) is 14.7. The lowest BCUT2D eigenvalue weighted by molar-refractivity contribution is 0.0912. The summed E-state index contributed by atoms with van der Waals surface area (Å²) in [7, 11) is 0. The number of hydrogen-bond acceptors (Lipinski definition) is 6. The van der Waals surface area contributed by atoms with Crippen LogP contribution in [0, 0.1) is 0 Å². The molecule has 0 aliphatic heterocycles. The van der Waals surface area contributed by atoms with Gasteiger partial charge in [-0.1, -0.05) is 0 Å². The minimum Gasteiger partial charge on any atom is -0.443 e. The summed E-state index contributed by atoms with van der Waals surface area (Å²) in [6.07, 6.45) is 4.52. The van der Waals surface area contributed by atoms with E-state index in [0.29, 0.717) is 16.7 Å². The molecule has 2 aromatic heterocycles. The quantitative estimate of drug-likeness (QED) is 0.668. The van der Waals surface area contributed by atoms with Gasteiger partial charge in [0.05, 0.1) is 0 Å². The van der Waals surface area contributed by atoms with Gasteiger partial charge in [-0.3, -0.25) is 9.59 Å². The fourth-order valence-electron chi connectivity index (χ4n) is 1.96. The first-order valence-corrected chi connectivity index (χ1v) is 6.41. The van der Waals surface area contributed by atoms with Crippen molar-refractivity contribution >= 4 is 22.7 Å². The van der Waals surface area contributed by atoms with Crippen LogP contribution < -0.4 is 0 Å². The molecule has 21 heavy (non-hydrogen) atoms. The molecule has 6 heteroatoms. The van der Waals surface area contributed by atoms with Crippen LogP contribution in [-0.4, -0.2) is 26.5 Å². The Labute approximate surface area is 119 Å². The largest absolute Gasteiger partial charge is 0.443 e. The van der Waals surface area contributed by atoms with Gasteiger partial charge in [0.25, 0.3) is 0 Å². The van der Waals surface area contributed by atoms with Crippen LogP contribution in [0.1, 0.15) is 33.8 Å². The van der Waals surface area contributed by atoms with E-state index >= 15 is 0 Å². The molecule has 0 unspecified atom stereocenters. The number of benzene rings is 1. The van der Waals surface area contributed by atoms with Gasteiger partial charge in [0.15, 0.2) is 29.4 Å². The Hall–Kier alpha value is -2.89. The first-order chi connectivity index (χ1) is 10.2. The molecule has 0 aliphatic rings. The predicted molar refractivity (Wildman–Crippen MR) is 73.9 cm³/mol. The first kappa shape index (κ1) is 13.1. The monoisotopic (exact) mass is 281 g/mol. The average molecular weight is 281 g/mol. The van der Waals surface area contributed by atoms with E-state index in [4.69, 9.17) is 4.42 Å². The molecule has 0 amide bonds. The highest BCUT2D eigenvalue weighted by Crippen LogP contribution is 2.16. The summed E-state index contributed by atoms with van der Waals surface area (Å²) >= 11 is 0. The molecular formula is C15H11N3O3. The van der Waals surface area contributed by atoms with E-state index in [1.807, 2.05) is 0 Å². The van der Waals surface area contributed by atoms with Gasteiger partial charge in [0, 0.05) is 30.8 Å². The normalized spacial score (nSPS) is 10.7.